The molecule has 5 nitrogen and oxygen atoms in total. The molecule has 138 valence electrons. The zero-order valence-electron chi connectivity index (χ0n) is 14.2. The van der Waals surface area contributed by atoms with Gasteiger partial charge >= 0.3 is 30.6 Å². The third kappa shape index (κ3) is 6.28. The van der Waals surface area contributed by atoms with Crippen LogP contribution in [0.1, 0.15) is 26.7 Å². The van der Waals surface area contributed by atoms with Crippen LogP contribution in [0.3, 0.4) is 0 Å². The van der Waals surface area contributed by atoms with Crippen molar-refractivity contribution in [2.75, 3.05) is 22.9 Å². The molecule has 0 aromatic carbocycles. The summed E-state index contributed by atoms with van der Waals surface area (Å²) in [4.78, 5) is 12.6. The Hall–Kier alpha value is -0.548. The molecule has 8 heteroatoms. The number of hydrogen-bond acceptors (Lipinski definition) is 5. The van der Waals surface area contributed by atoms with Crippen molar-refractivity contribution in [3.05, 3.63) is 56.3 Å². The van der Waals surface area contributed by atoms with Gasteiger partial charge in [-0.3, -0.25) is 9.80 Å². The average molecular weight is 562 g/mol. The molecule has 0 amide bonds. The fourth-order valence-electron chi connectivity index (χ4n) is 2.37. The fraction of sp³-hybridized carbons (Fsp3) is 0.353. The fourth-order valence-corrected chi connectivity index (χ4v) is 2.37. The Morgan fingerprint density at radius 2 is 1.32 bits per heavy atom. The van der Waals surface area contributed by atoms with Gasteiger partial charge in [-0.25, -0.2) is 4.98 Å². The quantitative estimate of drug-likeness (QED) is 0.482. The molecule has 1 aromatic rings. The molecule has 0 fully saturated rings. The van der Waals surface area contributed by atoms with E-state index in [1.807, 2.05) is 62.6 Å². The van der Waals surface area contributed by atoms with Crippen molar-refractivity contribution in [3.63, 3.8) is 0 Å². The van der Waals surface area contributed by atoms with Crippen molar-refractivity contribution in [2.24, 2.45) is 0 Å². The van der Waals surface area contributed by atoms with Gasteiger partial charge in [-0.15, -0.1) is 0 Å². The van der Waals surface area contributed by atoms with Crippen molar-refractivity contribution in [3.8, 4) is 0 Å². The van der Waals surface area contributed by atoms with Gasteiger partial charge in [0, 0.05) is 37.9 Å². The van der Waals surface area contributed by atoms with Crippen molar-refractivity contribution in [2.45, 2.75) is 26.7 Å². The Kier molecular flexibility index (Phi) is 10.8. The summed E-state index contributed by atoms with van der Waals surface area (Å²) in [5.41, 5.74) is 0. The van der Waals surface area contributed by atoms with Gasteiger partial charge < -0.3 is 26.8 Å². The topological polar surface area (TPSA) is 25.9 Å². The number of pyridine rings is 1. The molecule has 0 bridgehead atoms. The summed E-state index contributed by atoms with van der Waals surface area (Å²) >= 11 is 5.35. The third-order valence-corrected chi connectivity index (χ3v) is 3.41. The van der Waals surface area contributed by atoms with Gasteiger partial charge in [0.05, 0.1) is 0 Å². The Morgan fingerprint density at radius 1 is 0.880 bits per heavy atom. The summed E-state index contributed by atoms with van der Waals surface area (Å²) in [6.07, 6.45) is 10.2. The van der Waals surface area contributed by atoms with Crippen LogP contribution in [0, 0.1) is 13.3 Å². The van der Waals surface area contributed by atoms with Crippen LogP contribution < -0.4 is 26.8 Å². The van der Waals surface area contributed by atoms with Crippen LogP contribution in [-0.2, 0) is 17.2 Å². The molecule has 0 saturated heterocycles. The van der Waals surface area contributed by atoms with Crippen molar-refractivity contribution in [1.29, 1.82) is 0 Å². The molecule has 0 saturated carbocycles. The Morgan fingerprint density at radius 3 is 1.72 bits per heavy atom. The average Bonchev–Trinajstić information content (AvgIpc) is 3.27. The summed E-state index contributed by atoms with van der Waals surface area (Å²) in [7, 11) is 0. The monoisotopic (exact) mass is 559 g/mol. The molecule has 3 rings (SSSR count). The first-order valence-corrected chi connectivity index (χ1v) is 11.5. The molecule has 0 atom stereocenters. The number of halogens is 2. The van der Waals surface area contributed by atoms with E-state index in [-0.39, 0.29) is 17.0 Å². The summed E-state index contributed by atoms with van der Waals surface area (Å²) in [6, 6.07) is 5.98. The zero-order valence-corrected chi connectivity index (χ0v) is 18.9. The van der Waals surface area contributed by atoms with Gasteiger partial charge in [0.15, 0.2) is 0 Å². The van der Waals surface area contributed by atoms with Crippen LogP contribution in [0.25, 0.3) is 0 Å². The summed E-state index contributed by atoms with van der Waals surface area (Å²) in [5.74, 6) is 1.72. The molecule has 25 heavy (non-hydrogen) atoms. The minimum atomic E-state index is 0. The number of aromatic nitrogens is 1. The number of nitrogens with zero attached hydrogens (tertiary/aromatic N) is 5. The van der Waals surface area contributed by atoms with Crippen molar-refractivity contribution in [1.82, 2.24) is 14.8 Å². The summed E-state index contributed by atoms with van der Waals surface area (Å²) in [5, 5.41) is 0. The SMILES string of the molecule is CCCN1[C]N(c2cccc(N3[C]N(CCC)C=C3)n2)C=C1.[Br-].[Br][Pd+]. The van der Waals surface area contributed by atoms with Crippen LogP contribution in [-0.4, -0.2) is 27.9 Å². The Balaban J connectivity index is 0.00000101. The first-order chi connectivity index (χ1) is 11.8. The second kappa shape index (κ2) is 12.0. The van der Waals surface area contributed by atoms with E-state index in [1.165, 1.54) is 0 Å². The van der Waals surface area contributed by atoms with E-state index in [1.54, 1.807) is 0 Å². The van der Waals surface area contributed by atoms with Gasteiger partial charge in [-0.1, -0.05) is 19.9 Å². The molecular weight excluding hydrogens is 540 g/mol. The van der Waals surface area contributed by atoms with Gasteiger partial charge in [-0.2, -0.15) is 0 Å². The Labute approximate surface area is 179 Å². The number of anilines is 2. The first-order valence-electron chi connectivity index (χ1n) is 7.90. The van der Waals surface area contributed by atoms with E-state index < -0.39 is 0 Å². The Bertz CT molecular complexity index is 524. The molecule has 0 aliphatic carbocycles. The first kappa shape index (κ1) is 22.5. The standard InChI is InChI=1S/C17H21N5.2BrH.Pd/c1-3-8-19-10-12-21(14-19)16-6-5-7-17(18-16)22-13-11-20(15-22)9-4-2;;;/h5-7,10-13H,3-4,8-9H2,1-2H3;2*1H;/q;;;+2/p-2. The maximum absolute atomic E-state index is 4.70. The van der Waals surface area contributed by atoms with Gasteiger partial charge in [0.1, 0.15) is 11.6 Å². The van der Waals surface area contributed by atoms with Crippen molar-refractivity contribution >= 4 is 25.1 Å². The second-order valence-corrected chi connectivity index (χ2v) is 5.28. The van der Waals surface area contributed by atoms with Crippen LogP contribution in [0.5, 0.6) is 0 Å². The maximum atomic E-state index is 4.70. The van der Waals surface area contributed by atoms with Gasteiger partial charge in [0.2, 0.25) is 13.3 Å². The van der Waals surface area contributed by atoms with E-state index in [0.29, 0.717) is 0 Å². The van der Waals surface area contributed by atoms with Crippen molar-refractivity contribution < 1.29 is 34.2 Å². The summed E-state index contributed by atoms with van der Waals surface area (Å²) < 4.78 is 0. The predicted molar refractivity (Wildman–Crippen MR) is 96.9 cm³/mol. The second-order valence-electron chi connectivity index (χ2n) is 5.28. The normalized spacial score (nSPS) is 15.4. The molecule has 0 spiro atoms. The predicted octanol–water partition coefficient (Wildman–Crippen LogP) is 0.928. The van der Waals surface area contributed by atoms with Crippen LogP contribution >= 0.6 is 13.4 Å². The van der Waals surface area contributed by atoms with Gasteiger partial charge in [0.25, 0.3) is 0 Å². The molecule has 2 aliphatic heterocycles. The van der Waals surface area contributed by atoms with E-state index in [2.05, 4.69) is 57.8 Å². The third-order valence-electron chi connectivity index (χ3n) is 3.41. The molecule has 0 N–H and O–H groups in total. The number of hydrogen-bond donors (Lipinski definition) is 0. The van der Waals surface area contributed by atoms with Crippen LogP contribution in [0.15, 0.2) is 43.0 Å². The van der Waals surface area contributed by atoms with E-state index in [4.69, 9.17) is 4.98 Å². The minimum absolute atomic E-state index is 0. The molecule has 3 heterocycles. The zero-order chi connectivity index (χ0) is 17.4. The summed E-state index contributed by atoms with van der Waals surface area (Å²) in [6.45, 7) is 12.8. The van der Waals surface area contributed by atoms with Crippen LogP contribution in [0.2, 0.25) is 0 Å². The van der Waals surface area contributed by atoms with E-state index in [9.17, 15) is 0 Å². The number of rotatable bonds is 6. The van der Waals surface area contributed by atoms with E-state index in [0.717, 1.165) is 37.6 Å². The van der Waals surface area contributed by atoms with Crippen LogP contribution in [0.4, 0.5) is 11.6 Å². The molecule has 4 radical (unpaired) electrons. The van der Waals surface area contributed by atoms with E-state index >= 15 is 0 Å². The molecule has 0 unspecified atom stereocenters. The molecule has 1 aromatic heterocycles. The molecular formula is C17H21Br2N5Pd. The molecule has 2 aliphatic rings. The van der Waals surface area contributed by atoms with Gasteiger partial charge in [-0.05, 0) is 25.0 Å².